The molecule has 12 nitrogen and oxygen atoms in total. The van der Waals surface area contributed by atoms with Gasteiger partial charge in [0.05, 0.1) is 26.2 Å². The third-order valence-electron chi connectivity index (χ3n) is 31.4. The minimum absolute atomic E-state index is 0.0595. The first kappa shape index (κ1) is 83.7. The van der Waals surface area contributed by atoms with Gasteiger partial charge in [0.25, 0.3) is 0 Å². The third kappa shape index (κ3) is 20.4. The van der Waals surface area contributed by atoms with Crippen LogP contribution in [0.4, 0.5) is 8.78 Å². The van der Waals surface area contributed by atoms with E-state index < -0.39 is 0 Å². The topological polar surface area (TPSA) is 131 Å². The van der Waals surface area contributed by atoms with E-state index in [1.165, 1.54) is 227 Å². The molecule has 4 saturated carbocycles. The fourth-order valence-corrected chi connectivity index (χ4v) is 25.8. The van der Waals surface area contributed by atoms with E-state index in [4.69, 9.17) is 23.2 Å². The smallest absolute Gasteiger partial charge is 0.137 e. The lowest BCUT2D eigenvalue weighted by Crippen LogP contribution is -2.42. The number of benzene rings is 4. The molecule has 8 aliphatic carbocycles. The van der Waals surface area contributed by atoms with Crippen LogP contribution in [0.1, 0.15) is 210 Å². The van der Waals surface area contributed by atoms with E-state index in [0.717, 1.165) is 130 Å². The van der Waals surface area contributed by atoms with Crippen LogP contribution in [0.2, 0.25) is 10.0 Å². The summed E-state index contributed by atoms with van der Waals surface area (Å²) in [5.74, 6) is 9.18. The molecule has 20 rings (SSSR count). The maximum Gasteiger partial charge on any atom is 0.137 e. The Morgan fingerprint density at radius 3 is 0.949 bits per heavy atom. The molecular formula is C102H128Cl2F2N8O4. The van der Waals surface area contributed by atoms with Crippen molar-refractivity contribution in [1.82, 2.24) is 19.6 Å². The quantitative estimate of drug-likeness (QED) is 0.0855. The first-order chi connectivity index (χ1) is 57.4. The summed E-state index contributed by atoms with van der Waals surface area (Å²) < 4.78 is 27.8. The van der Waals surface area contributed by atoms with Crippen LogP contribution in [-0.2, 0) is 70.5 Å². The van der Waals surface area contributed by atoms with Crippen molar-refractivity contribution in [2.24, 2.45) is 91.0 Å². The number of Topliss-reactive ketones (excluding diaryl/α,β-unsaturated/α-hetero) is 4. The van der Waals surface area contributed by atoms with Gasteiger partial charge in [-0.2, -0.15) is 0 Å². The number of fused-ring (bicyclic) bond motifs is 8. The number of allylic oxidation sites excluding steroid dienone is 4. The van der Waals surface area contributed by atoms with Gasteiger partial charge in [-0.25, -0.2) is 8.78 Å². The van der Waals surface area contributed by atoms with Gasteiger partial charge < -0.3 is 0 Å². The Morgan fingerprint density at radius 2 is 0.619 bits per heavy atom. The molecule has 0 N–H and O–H groups in total. The average Bonchev–Trinajstić information content (AvgIpc) is 1.64. The molecule has 0 aromatic heterocycles. The Bertz CT molecular complexity index is 4250. The van der Waals surface area contributed by atoms with Crippen LogP contribution in [0.15, 0.2) is 127 Å². The molecule has 8 aliphatic heterocycles. The minimum atomic E-state index is -0.106. The predicted octanol–water partition coefficient (Wildman–Crippen LogP) is 19.2. The molecule has 0 amide bonds. The molecule has 16 unspecified atom stereocenters. The zero-order valence-electron chi connectivity index (χ0n) is 70.5. The molecule has 628 valence electrons. The van der Waals surface area contributed by atoms with E-state index in [2.05, 4.69) is 76.8 Å². The van der Waals surface area contributed by atoms with Gasteiger partial charge in [-0.3, -0.25) is 58.7 Å². The lowest BCUT2D eigenvalue weighted by atomic mass is 9.77. The largest absolute Gasteiger partial charge is 0.300 e. The van der Waals surface area contributed by atoms with E-state index in [9.17, 15) is 28.0 Å². The van der Waals surface area contributed by atoms with E-state index in [1.54, 1.807) is 18.2 Å². The molecule has 8 fully saturated rings. The van der Waals surface area contributed by atoms with Crippen molar-refractivity contribution in [3.8, 4) is 0 Å². The summed E-state index contributed by atoms with van der Waals surface area (Å²) >= 11 is 12.7. The molecule has 4 saturated heterocycles. The summed E-state index contributed by atoms with van der Waals surface area (Å²) in [6, 6.07) is 22.5. The molecule has 0 radical (unpaired) electrons. The monoisotopic (exact) mass is 1640 g/mol. The van der Waals surface area contributed by atoms with Crippen molar-refractivity contribution in [1.29, 1.82) is 0 Å². The number of nitrogens with zero attached hydrogens (tertiary/aromatic N) is 8. The summed E-state index contributed by atoms with van der Waals surface area (Å²) in [4.78, 5) is 78.7. The number of carbonyl (C=O) groups is 4. The van der Waals surface area contributed by atoms with Crippen molar-refractivity contribution in [2.75, 3.05) is 78.5 Å². The van der Waals surface area contributed by atoms with Gasteiger partial charge in [0, 0.05) is 163 Å². The normalized spacial score (nSPS) is 31.1. The van der Waals surface area contributed by atoms with Gasteiger partial charge in [-0.05, 0) is 326 Å². The second-order valence-electron chi connectivity index (χ2n) is 39.5. The zero-order chi connectivity index (χ0) is 80.9. The highest BCUT2D eigenvalue weighted by atomic mass is 35.5. The lowest BCUT2D eigenvalue weighted by molar-refractivity contribution is -0.121. The van der Waals surface area contributed by atoms with Crippen molar-refractivity contribution in [2.45, 2.75) is 243 Å². The van der Waals surface area contributed by atoms with Gasteiger partial charge in [0.1, 0.15) is 34.8 Å². The molecular weight excluding hydrogens is 1510 g/mol. The van der Waals surface area contributed by atoms with E-state index >= 15 is 0 Å². The SMILES string of the molecule is Cc1cc2c(cc1Cl)CC1CN(C3CCCCC3CC(=O)CC3=CC=NC3)CC1C2.Cc1cc2c(cc1F)CC1CN(C3CCCCC3CC(=O)CC3=CC=NC3)CC1C2.O=C(CC1=CC=NC1)CC1CCCCC1N1CC2Cc3ccc(Cl)cc3CC2C1.O=C(CC1=CC=NC1)CC1CCCCC1N1CC2Cc3ccc(F)cc3CC2C1. The second kappa shape index (κ2) is 38.5. The number of hydrogen-bond donors (Lipinski definition) is 0. The molecule has 4 aromatic carbocycles. The van der Waals surface area contributed by atoms with Gasteiger partial charge in [0.15, 0.2) is 0 Å². The molecule has 0 bridgehead atoms. The molecule has 16 heteroatoms. The molecule has 0 spiro atoms. The molecule has 118 heavy (non-hydrogen) atoms. The lowest BCUT2D eigenvalue weighted by Gasteiger charge is -2.38. The number of ketones is 4. The number of hydrogen-bond acceptors (Lipinski definition) is 12. The first-order valence-corrected chi connectivity index (χ1v) is 47.0. The molecule has 4 aromatic rings. The molecule has 8 heterocycles. The predicted molar refractivity (Wildman–Crippen MR) is 475 cm³/mol. The van der Waals surface area contributed by atoms with Crippen LogP contribution in [0.3, 0.4) is 0 Å². The van der Waals surface area contributed by atoms with Gasteiger partial charge >= 0.3 is 0 Å². The van der Waals surface area contributed by atoms with Crippen LogP contribution in [0.5, 0.6) is 0 Å². The number of rotatable bonds is 20. The van der Waals surface area contributed by atoms with E-state index in [0.29, 0.717) is 133 Å². The van der Waals surface area contributed by atoms with Crippen LogP contribution >= 0.6 is 23.2 Å². The Morgan fingerprint density at radius 1 is 0.339 bits per heavy atom. The average molecular weight is 1640 g/mol. The highest BCUT2D eigenvalue weighted by Crippen LogP contribution is 2.47. The summed E-state index contributed by atoms with van der Waals surface area (Å²) in [6.45, 7) is 16.2. The van der Waals surface area contributed by atoms with Crippen LogP contribution < -0.4 is 0 Å². The fourth-order valence-electron chi connectivity index (χ4n) is 25.5. The van der Waals surface area contributed by atoms with Crippen molar-refractivity contribution >= 4 is 71.2 Å². The Hall–Kier alpha value is -6.52. The summed E-state index contributed by atoms with van der Waals surface area (Å²) in [6.07, 6.45) is 49.6. The Balaban J connectivity index is 0.000000113. The van der Waals surface area contributed by atoms with Crippen molar-refractivity contribution in [3.63, 3.8) is 0 Å². The molecule has 16 aliphatic rings. The van der Waals surface area contributed by atoms with Gasteiger partial charge in [-0.1, -0.05) is 98.8 Å². The number of halogens is 4. The molecule has 16 atom stereocenters. The highest BCUT2D eigenvalue weighted by Gasteiger charge is 2.47. The minimum Gasteiger partial charge on any atom is -0.300 e. The van der Waals surface area contributed by atoms with Gasteiger partial charge in [0.2, 0.25) is 0 Å². The van der Waals surface area contributed by atoms with Crippen LogP contribution in [-0.4, -0.2) is 170 Å². The second-order valence-corrected chi connectivity index (χ2v) is 40.3. The van der Waals surface area contributed by atoms with E-state index in [-0.39, 0.29) is 11.6 Å². The third-order valence-corrected chi connectivity index (χ3v) is 32.1. The number of likely N-dealkylation sites (tertiary alicyclic amines) is 4. The number of aryl methyl sites for hydroxylation is 2. The standard InChI is InChI=1S/C26H33ClN2O.C26H33FN2O.C25H31ClN2O.C25H31FN2O/c2*1-17-8-20-10-22-15-29(16-23(22)11-21(20)13-25(17)27)26-5-3-2-4-19(26)12-24(30)9-18-6-7-28-14-18;2*26-23-6-5-18-10-21-15-28(16-22(21)11-20(18)12-23)25-4-2-1-3-19(25)13-24(29)9-17-7-8-27-14-17/h2*6-8,13,19,22-23,26H,2-5,9-12,14-16H2,1H3;2*5-8,12,19,21-22,25H,1-4,9-11,13-16H2. The summed E-state index contributed by atoms with van der Waals surface area (Å²) in [5.41, 5.74) is 17.8. The summed E-state index contributed by atoms with van der Waals surface area (Å²) in [5, 5.41) is 1.78. The fraction of sp³-hybridized carbons (Fsp3) is 0.608. The van der Waals surface area contributed by atoms with Crippen molar-refractivity contribution < 1.29 is 28.0 Å². The maximum absolute atomic E-state index is 14.1. The maximum atomic E-state index is 14.1. The van der Waals surface area contributed by atoms with E-state index in [1.807, 2.05) is 68.2 Å². The van der Waals surface area contributed by atoms with Crippen molar-refractivity contribution in [3.05, 3.63) is 185 Å². The zero-order valence-corrected chi connectivity index (χ0v) is 72.0. The first-order valence-electron chi connectivity index (χ1n) is 46.3. The summed E-state index contributed by atoms with van der Waals surface area (Å²) in [7, 11) is 0. The van der Waals surface area contributed by atoms with Crippen LogP contribution in [0.25, 0.3) is 0 Å². The van der Waals surface area contributed by atoms with Gasteiger partial charge in [-0.15, -0.1) is 0 Å². The Kier molecular flexibility index (Phi) is 27.3. The Labute approximate surface area is 711 Å². The van der Waals surface area contributed by atoms with Crippen LogP contribution in [0, 0.1) is 96.5 Å². The number of aliphatic imine (C=N–C) groups is 4. The number of carbonyl (C=O) groups excluding carboxylic acids is 4. The highest BCUT2D eigenvalue weighted by molar-refractivity contribution is 6.31.